The van der Waals surface area contributed by atoms with E-state index in [1.165, 1.54) is 24.8 Å². The van der Waals surface area contributed by atoms with Gasteiger partial charge in [-0.2, -0.15) is 0 Å². The third-order valence-electron chi connectivity index (χ3n) is 6.73. The van der Waals surface area contributed by atoms with Crippen molar-refractivity contribution in [3.05, 3.63) is 76.8 Å². The normalized spacial score (nSPS) is 15.9. The van der Waals surface area contributed by atoms with Crippen LogP contribution in [0.25, 0.3) is 22.4 Å². The van der Waals surface area contributed by atoms with Gasteiger partial charge in [0.25, 0.3) is 5.91 Å². The molecule has 2 amide bonds. The molecule has 0 atom stereocenters. The van der Waals surface area contributed by atoms with Crippen LogP contribution in [0, 0.1) is 5.92 Å². The van der Waals surface area contributed by atoms with Gasteiger partial charge in [-0.25, -0.2) is 4.98 Å². The Labute approximate surface area is 233 Å². The number of nitrogens with zero attached hydrogens (tertiary/aromatic N) is 1. The molecule has 6 nitrogen and oxygen atoms in total. The Balaban J connectivity index is 1.45. The number of allylic oxidation sites excluding steroid dienone is 3. The molecule has 1 saturated carbocycles. The zero-order valence-electron chi connectivity index (χ0n) is 21.4. The summed E-state index contributed by atoms with van der Waals surface area (Å²) >= 11 is 11.8. The summed E-state index contributed by atoms with van der Waals surface area (Å²) in [5, 5.41) is 6.28. The first-order valence-corrected chi connectivity index (χ1v) is 13.8. The molecule has 1 aliphatic carbocycles. The molecule has 0 aliphatic heterocycles. The van der Waals surface area contributed by atoms with Gasteiger partial charge in [0.2, 0.25) is 5.91 Å². The third kappa shape index (κ3) is 7.15. The largest absolute Gasteiger partial charge is 0.338 e. The monoisotopic (exact) mass is 550 g/mol. The number of H-pyrrole nitrogens is 1. The molecule has 1 aromatic heterocycles. The third-order valence-corrected chi connectivity index (χ3v) is 7.30. The maximum atomic E-state index is 12.8. The van der Waals surface area contributed by atoms with E-state index in [1.807, 2.05) is 36.4 Å². The highest BCUT2D eigenvalue weighted by Gasteiger charge is 2.19. The number of imidazole rings is 1. The lowest BCUT2D eigenvalue weighted by Gasteiger charge is -2.19. The molecule has 4 rings (SSSR count). The second-order valence-electron chi connectivity index (χ2n) is 9.42. The van der Waals surface area contributed by atoms with E-state index in [-0.39, 0.29) is 17.7 Å². The molecule has 1 aliphatic rings. The van der Waals surface area contributed by atoms with Gasteiger partial charge in [0.05, 0.1) is 16.6 Å². The van der Waals surface area contributed by atoms with E-state index in [4.69, 9.17) is 23.2 Å². The molecule has 8 heteroatoms. The number of nitrogens with one attached hydrogen (secondary N) is 3. The Morgan fingerprint density at radius 2 is 1.66 bits per heavy atom. The van der Waals surface area contributed by atoms with Crippen LogP contribution in [0.15, 0.2) is 76.8 Å². The van der Waals surface area contributed by atoms with Crippen molar-refractivity contribution in [3.63, 3.8) is 0 Å². The van der Waals surface area contributed by atoms with E-state index in [0.717, 1.165) is 48.0 Å². The van der Waals surface area contributed by atoms with E-state index in [1.54, 1.807) is 31.2 Å². The first-order chi connectivity index (χ1) is 18.5. The number of hydrogen-bond acceptors (Lipinski definition) is 3. The standard InChI is InChI=1S/C30H32Cl2N4O2/c1-2-25(32)24(11-8-18-31)30(38)34-23-16-17-26-27(19-23)36-28(35-26)20-12-14-22(15-13-20)33-29(37)21-9-6-4-3-5-7-10-21/h2,8,11-19,21H,3-7,9-10H2,1H3,(H,33,37)(H,34,38)(H,35,36)/b18-8+,24-11+,25-2+. The molecule has 0 bridgehead atoms. The molecule has 3 N–H and O–H groups in total. The van der Waals surface area contributed by atoms with Crippen LogP contribution in [0.3, 0.4) is 0 Å². The minimum atomic E-state index is -0.348. The topological polar surface area (TPSA) is 86.9 Å². The van der Waals surface area contributed by atoms with Crippen molar-refractivity contribution in [2.24, 2.45) is 5.92 Å². The lowest BCUT2D eigenvalue weighted by molar-refractivity contribution is -0.120. The molecular formula is C30H32Cl2N4O2. The fourth-order valence-corrected chi connectivity index (χ4v) is 4.87. The number of aromatic nitrogens is 2. The van der Waals surface area contributed by atoms with Crippen LogP contribution in [0.1, 0.15) is 51.9 Å². The van der Waals surface area contributed by atoms with E-state index in [0.29, 0.717) is 22.1 Å². The lowest BCUT2D eigenvalue weighted by Crippen LogP contribution is -2.23. The lowest BCUT2D eigenvalue weighted by atomic mass is 9.90. The first kappa shape index (κ1) is 27.7. The maximum absolute atomic E-state index is 12.8. The molecule has 3 aromatic rings. The highest BCUT2D eigenvalue weighted by atomic mass is 35.5. The summed E-state index contributed by atoms with van der Waals surface area (Å²) in [7, 11) is 0. The van der Waals surface area contributed by atoms with Gasteiger partial charge in [0.1, 0.15) is 5.82 Å². The van der Waals surface area contributed by atoms with Crippen LogP contribution in [0.4, 0.5) is 11.4 Å². The van der Waals surface area contributed by atoms with Gasteiger partial charge in [-0.15, -0.1) is 0 Å². The molecule has 198 valence electrons. The molecule has 1 heterocycles. The van der Waals surface area contributed by atoms with E-state index in [9.17, 15) is 9.59 Å². The summed E-state index contributed by atoms with van der Waals surface area (Å²) in [5.41, 5.74) is 5.45. The van der Waals surface area contributed by atoms with Crippen LogP contribution in [-0.2, 0) is 9.59 Å². The number of aromatic amines is 1. The molecule has 0 radical (unpaired) electrons. The van der Waals surface area contributed by atoms with E-state index >= 15 is 0 Å². The van der Waals surface area contributed by atoms with Crippen molar-refractivity contribution < 1.29 is 9.59 Å². The Morgan fingerprint density at radius 3 is 2.34 bits per heavy atom. The second-order valence-corrected chi connectivity index (χ2v) is 10.1. The number of fused-ring (bicyclic) bond motifs is 1. The Morgan fingerprint density at radius 1 is 0.974 bits per heavy atom. The predicted molar refractivity (Wildman–Crippen MR) is 157 cm³/mol. The zero-order valence-corrected chi connectivity index (χ0v) is 22.9. The van der Waals surface area contributed by atoms with Gasteiger partial charge in [0, 0.05) is 33.4 Å². The molecular weight excluding hydrogens is 519 g/mol. The first-order valence-electron chi connectivity index (χ1n) is 13.0. The molecule has 0 unspecified atom stereocenters. The number of carbonyl (C=O) groups is 2. The number of carbonyl (C=O) groups excluding carboxylic acids is 2. The van der Waals surface area contributed by atoms with Gasteiger partial charge in [0.15, 0.2) is 0 Å². The fourth-order valence-electron chi connectivity index (χ4n) is 4.65. The summed E-state index contributed by atoms with van der Waals surface area (Å²) in [5.74, 6) is 0.563. The van der Waals surface area contributed by atoms with Crippen LogP contribution in [-0.4, -0.2) is 21.8 Å². The Hall–Kier alpha value is -3.35. The highest BCUT2D eigenvalue weighted by Crippen LogP contribution is 2.27. The zero-order chi connectivity index (χ0) is 26.9. The van der Waals surface area contributed by atoms with Crippen LogP contribution in [0.5, 0.6) is 0 Å². The van der Waals surface area contributed by atoms with Gasteiger partial charge >= 0.3 is 0 Å². The Kier molecular flexibility index (Phi) is 9.79. The summed E-state index contributed by atoms with van der Waals surface area (Å²) in [6.45, 7) is 1.76. The molecule has 0 spiro atoms. The number of halogens is 2. The minimum absolute atomic E-state index is 0.0948. The summed E-state index contributed by atoms with van der Waals surface area (Å²) in [6, 6.07) is 13.1. The van der Waals surface area contributed by atoms with Crippen LogP contribution in [0.2, 0.25) is 0 Å². The van der Waals surface area contributed by atoms with Crippen molar-refractivity contribution in [1.29, 1.82) is 0 Å². The highest BCUT2D eigenvalue weighted by molar-refractivity contribution is 6.36. The minimum Gasteiger partial charge on any atom is -0.338 e. The van der Waals surface area contributed by atoms with Crippen molar-refractivity contribution in [2.75, 3.05) is 10.6 Å². The smallest absolute Gasteiger partial charge is 0.257 e. The maximum Gasteiger partial charge on any atom is 0.257 e. The number of anilines is 2. The summed E-state index contributed by atoms with van der Waals surface area (Å²) in [4.78, 5) is 33.6. The predicted octanol–water partition coefficient (Wildman–Crippen LogP) is 8.29. The molecule has 2 aromatic carbocycles. The average Bonchev–Trinajstić information content (AvgIpc) is 3.32. The number of rotatable bonds is 7. The van der Waals surface area contributed by atoms with Crippen LogP contribution < -0.4 is 10.6 Å². The van der Waals surface area contributed by atoms with Crippen molar-refractivity contribution >= 4 is 57.4 Å². The van der Waals surface area contributed by atoms with Gasteiger partial charge in [-0.3, -0.25) is 9.59 Å². The van der Waals surface area contributed by atoms with E-state index < -0.39 is 0 Å². The van der Waals surface area contributed by atoms with E-state index in [2.05, 4.69) is 20.6 Å². The van der Waals surface area contributed by atoms with Gasteiger partial charge in [-0.05, 0) is 68.3 Å². The summed E-state index contributed by atoms with van der Waals surface area (Å²) < 4.78 is 0. The van der Waals surface area contributed by atoms with Crippen molar-refractivity contribution in [3.8, 4) is 11.4 Å². The van der Waals surface area contributed by atoms with Gasteiger partial charge < -0.3 is 15.6 Å². The number of amides is 2. The van der Waals surface area contributed by atoms with Gasteiger partial charge in [-0.1, -0.05) is 67.5 Å². The number of hydrogen-bond donors (Lipinski definition) is 3. The molecule has 0 saturated heterocycles. The quantitative estimate of drug-likeness (QED) is 0.204. The van der Waals surface area contributed by atoms with Crippen LogP contribution >= 0.6 is 23.2 Å². The molecule has 1 fully saturated rings. The Bertz CT molecular complexity index is 1360. The van der Waals surface area contributed by atoms with Crippen molar-refractivity contribution in [2.45, 2.75) is 51.9 Å². The SMILES string of the molecule is C\C=C(Cl)/C(=C\C=C\Cl)C(=O)Nc1ccc2nc(-c3ccc(NC(=O)C4CCCCCCC4)cc3)[nH]c2c1. The van der Waals surface area contributed by atoms with Crippen molar-refractivity contribution in [1.82, 2.24) is 9.97 Å². The average molecular weight is 552 g/mol. The second kappa shape index (κ2) is 13.4. The molecule has 38 heavy (non-hydrogen) atoms. The number of benzene rings is 2. The summed E-state index contributed by atoms with van der Waals surface area (Å²) in [6.07, 6.45) is 12.7. The fraction of sp³-hybridized carbons (Fsp3) is 0.300.